The second kappa shape index (κ2) is 14.2. The van der Waals surface area contributed by atoms with Gasteiger partial charge in [-0.3, -0.25) is 30.6 Å². The van der Waals surface area contributed by atoms with Gasteiger partial charge >= 0.3 is 0 Å². The van der Waals surface area contributed by atoms with Crippen molar-refractivity contribution in [1.82, 2.24) is 41.4 Å². The van der Waals surface area contributed by atoms with Crippen LogP contribution in [0.15, 0.2) is 102 Å². The van der Waals surface area contributed by atoms with E-state index < -0.39 is 5.91 Å². The molecule has 7 rings (SSSR count). The summed E-state index contributed by atoms with van der Waals surface area (Å²) in [6, 6.07) is 23.4. The Bertz CT molecular complexity index is 2160. The molecule has 0 bridgehead atoms. The number of fused-ring (bicyclic) bond motifs is 2. The number of carbonyl (C=O) groups excluding carboxylic acids is 2. The largest absolute Gasteiger partial charge is 0.421 e. The maximum Gasteiger partial charge on any atom is 0.269 e. The number of aromatic nitrogens is 6. The lowest BCUT2D eigenvalue weighted by Gasteiger charge is -2.07. The highest BCUT2D eigenvalue weighted by molar-refractivity contribution is 5.98. The van der Waals surface area contributed by atoms with Crippen LogP contribution in [0, 0.1) is 11.6 Å². The van der Waals surface area contributed by atoms with E-state index in [1.807, 2.05) is 24.3 Å². The van der Waals surface area contributed by atoms with Crippen molar-refractivity contribution in [3.05, 3.63) is 132 Å². The first-order valence-electron chi connectivity index (χ1n) is 14.7. The molecule has 0 aliphatic carbocycles. The summed E-state index contributed by atoms with van der Waals surface area (Å²) >= 11 is 0. The predicted molar refractivity (Wildman–Crippen MR) is 170 cm³/mol. The van der Waals surface area contributed by atoms with E-state index in [2.05, 4.69) is 41.4 Å². The number of hydrogen-bond donors (Lipinski definition) is 4. The van der Waals surface area contributed by atoms with Crippen LogP contribution in [-0.2, 0) is 24.1 Å². The third-order valence-electron chi connectivity index (χ3n) is 7.22. The zero-order valence-electron chi connectivity index (χ0n) is 24.8. The van der Waals surface area contributed by atoms with Crippen molar-refractivity contribution >= 4 is 33.6 Å². The van der Waals surface area contributed by atoms with Gasteiger partial charge in [-0.15, -0.1) is 10.2 Å². The molecule has 0 aliphatic heterocycles. The molecule has 4 N–H and O–H groups in total. The quantitative estimate of drug-likeness (QED) is 0.158. The maximum atomic E-state index is 13.2. The van der Waals surface area contributed by atoms with E-state index in [9.17, 15) is 18.4 Å². The number of benzene rings is 4. The number of nitrogens with zero attached hydrogens (tertiary/aromatic N) is 4. The third-order valence-corrected chi connectivity index (χ3v) is 7.22. The monoisotopic (exact) mass is 634 g/mol. The number of nitrogens with one attached hydrogen (secondary N) is 4. The summed E-state index contributed by atoms with van der Waals surface area (Å²) in [5, 5.41) is 23.5. The second-order valence-electron chi connectivity index (χ2n) is 10.6. The molecule has 0 atom stereocenters. The number of hydrazine groups is 1. The molecule has 7 aromatic rings. The van der Waals surface area contributed by atoms with Crippen molar-refractivity contribution in [3.8, 4) is 11.5 Å². The molecule has 11 nitrogen and oxygen atoms in total. The summed E-state index contributed by atoms with van der Waals surface area (Å²) in [5.41, 5.74) is 9.39. The predicted octanol–water partition coefficient (Wildman–Crippen LogP) is 5.63. The highest BCUT2D eigenvalue weighted by atomic mass is 19.1. The van der Waals surface area contributed by atoms with Gasteiger partial charge in [0.15, 0.2) is 0 Å². The van der Waals surface area contributed by atoms with Gasteiger partial charge in [-0.1, -0.05) is 24.3 Å². The molecule has 0 saturated carbocycles. The normalized spacial score (nSPS) is 10.9. The Labute approximate surface area is 266 Å². The molecule has 0 saturated heterocycles. The van der Waals surface area contributed by atoms with E-state index in [0.717, 1.165) is 38.5 Å². The average Bonchev–Trinajstić information content (AvgIpc) is 3.86. The Morgan fingerprint density at radius 1 is 0.702 bits per heavy atom. The van der Waals surface area contributed by atoms with Crippen molar-refractivity contribution in [2.24, 2.45) is 0 Å². The van der Waals surface area contributed by atoms with E-state index in [4.69, 9.17) is 4.42 Å². The Morgan fingerprint density at radius 3 is 2.06 bits per heavy atom. The molecule has 236 valence electrons. The molecule has 0 aliphatic rings. The number of rotatable bonds is 8. The van der Waals surface area contributed by atoms with E-state index in [1.165, 1.54) is 24.3 Å². The van der Waals surface area contributed by atoms with Crippen LogP contribution in [0.1, 0.15) is 33.8 Å². The first kappa shape index (κ1) is 30.8. The summed E-state index contributed by atoms with van der Waals surface area (Å²) in [6.45, 7) is 0. The first-order chi connectivity index (χ1) is 22.9. The summed E-state index contributed by atoms with van der Waals surface area (Å²) in [4.78, 5) is 23.8. The molecule has 0 unspecified atom stereocenters. The van der Waals surface area contributed by atoms with Crippen LogP contribution in [-0.4, -0.2) is 42.4 Å². The zero-order chi connectivity index (χ0) is 32.6. The van der Waals surface area contributed by atoms with Crippen LogP contribution in [0.25, 0.3) is 33.3 Å². The van der Waals surface area contributed by atoms with Gasteiger partial charge in [0.05, 0.1) is 23.4 Å². The highest BCUT2D eigenvalue weighted by Gasteiger charge is 2.11. The zero-order valence-corrected chi connectivity index (χ0v) is 24.8. The Morgan fingerprint density at radius 2 is 1.36 bits per heavy atom. The number of H-pyrrole nitrogens is 2. The number of hydrogen-bond acceptors (Lipinski definition) is 7. The maximum absolute atomic E-state index is 13.2. The van der Waals surface area contributed by atoms with Gasteiger partial charge in [0, 0.05) is 34.7 Å². The van der Waals surface area contributed by atoms with Crippen LogP contribution in [0.3, 0.4) is 0 Å². The fraction of sp³-hybridized carbons (Fsp3) is 0.118. The van der Waals surface area contributed by atoms with Crippen LogP contribution in [0.2, 0.25) is 0 Å². The van der Waals surface area contributed by atoms with Gasteiger partial charge in [0.2, 0.25) is 17.7 Å². The molecule has 0 spiro atoms. The van der Waals surface area contributed by atoms with Crippen molar-refractivity contribution in [2.45, 2.75) is 25.7 Å². The second-order valence-corrected chi connectivity index (χ2v) is 10.6. The molecular weight excluding hydrogens is 606 g/mol. The molecule has 4 aromatic carbocycles. The number of amides is 2. The van der Waals surface area contributed by atoms with Crippen LogP contribution < -0.4 is 10.9 Å². The minimum atomic E-state index is -0.419. The summed E-state index contributed by atoms with van der Waals surface area (Å²) < 4.78 is 31.9. The fourth-order valence-electron chi connectivity index (χ4n) is 4.79. The number of aromatic amines is 2. The lowest BCUT2D eigenvalue weighted by Crippen LogP contribution is -2.41. The summed E-state index contributed by atoms with van der Waals surface area (Å²) in [5.74, 6) is -0.328. The van der Waals surface area contributed by atoms with Gasteiger partial charge in [0.1, 0.15) is 11.6 Å². The number of aryl methyl sites for hydroxylation is 3. The SMILES string of the molecule is Fc1cccc(CCc2nnc(-c3ccc4[nH]ncc4c3)o2)c1.O=C(CCc1cccc(F)c1)NNC(=O)c1ccc2[nH]ncc2c1. The van der Waals surface area contributed by atoms with E-state index in [1.54, 1.807) is 48.8 Å². The highest BCUT2D eigenvalue weighted by Crippen LogP contribution is 2.23. The minimum absolute atomic E-state index is 0.143. The molecule has 0 fully saturated rings. The lowest BCUT2D eigenvalue weighted by molar-refractivity contribution is -0.121. The topological polar surface area (TPSA) is 154 Å². The van der Waals surface area contributed by atoms with Crippen molar-refractivity contribution < 1.29 is 22.8 Å². The lowest BCUT2D eigenvalue weighted by atomic mass is 10.1. The van der Waals surface area contributed by atoms with Crippen molar-refractivity contribution in [2.75, 3.05) is 0 Å². The van der Waals surface area contributed by atoms with E-state index in [0.29, 0.717) is 36.6 Å². The average molecular weight is 635 g/mol. The van der Waals surface area contributed by atoms with Gasteiger partial charge < -0.3 is 4.42 Å². The molecule has 47 heavy (non-hydrogen) atoms. The van der Waals surface area contributed by atoms with Gasteiger partial charge in [-0.2, -0.15) is 10.2 Å². The van der Waals surface area contributed by atoms with Crippen LogP contribution in [0.5, 0.6) is 0 Å². The molecule has 3 aromatic heterocycles. The summed E-state index contributed by atoms with van der Waals surface area (Å²) in [7, 11) is 0. The Hall–Kier alpha value is -6.24. The van der Waals surface area contributed by atoms with E-state index >= 15 is 0 Å². The Balaban J connectivity index is 0.000000164. The fourth-order valence-corrected chi connectivity index (χ4v) is 4.79. The van der Waals surface area contributed by atoms with Gasteiger partial charge in [-0.25, -0.2) is 8.78 Å². The first-order valence-corrected chi connectivity index (χ1v) is 14.7. The smallest absolute Gasteiger partial charge is 0.269 e. The van der Waals surface area contributed by atoms with E-state index in [-0.39, 0.29) is 24.0 Å². The third kappa shape index (κ3) is 8.08. The van der Waals surface area contributed by atoms with Crippen molar-refractivity contribution in [1.29, 1.82) is 0 Å². The van der Waals surface area contributed by atoms with Gasteiger partial charge in [-0.05, 0) is 84.6 Å². The van der Waals surface area contributed by atoms with Gasteiger partial charge in [0.25, 0.3) is 5.91 Å². The molecule has 3 heterocycles. The molecule has 13 heteroatoms. The molecule has 0 radical (unpaired) electrons. The standard InChI is InChI=1S/C17H15FN4O2.C17H13FN4O/c18-14-3-1-2-11(8-14)4-7-16(23)21-22-17(24)12-5-6-15-13(9-12)10-19-20-15;18-14-3-1-2-11(8-14)4-7-16-21-22-17(23-16)12-5-6-15-13(9-12)10-19-20-15/h1-3,5-6,8-10H,4,7H2,(H,19,20)(H,21,23)(H,22,24);1-3,5-6,8-10H,4,7H2,(H,19,20). The Kier molecular flexibility index (Phi) is 9.33. The summed E-state index contributed by atoms with van der Waals surface area (Å²) in [6.07, 6.45) is 5.12. The van der Waals surface area contributed by atoms with Crippen molar-refractivity contribution in [3.63, 3.8) is 0 Å². The number of carbonyl (C=O) groups is 2. The molecular formula is C34H28F2N8O3. The van der Waals surface area contributed by atoms with Crippen LogP contribution in [0.4, 0.5) is 8.78 Å². The minimum Gasteiger partial charge on any atom is -0.421 e. The number of halogens is 2. The molecule has 2 amide bonds. The van der Waals surface area contributed by atoms with Crippen LogP contribution >= 0.6 is 0 Å².